The second-order valence-corrected chi connectivity index (χ2v) is 9.04. The Hall–Kier alpha value is -3.87. The quantitative estimate of drug-likeness (QED) is 0.482. The van der Waals surface area contributed by atoms with Crippen LogP contribution in [0.2, 0.25) is 0 Å². The smallest absolute Gasteiger partial charge is 0.294 e. The molecule has 1 fully saturated rings. The Kier molecular flexibility index (Phi) is 7.65. The van der Waals surface area contributed by atoms with Gasteiger partial charge in [-0.3, -0.25) is 19.3 Å². The van der Waals surface area contributed by atoms with Crippen molar-refractivity contribution in [3.8, 4) is 0 Å². The highest BCUT2D eigenvalue weighted by Crippen LogP contribution is 2.32. The standard InChI is InChI=1S/C28H31N3O4/c1-19-10-12-21(13-11-19)26(27(33)30-22-7-4-3-5-8-22)31(28(34)25-9-6-18-35-25)24-16-14-23(15-17-24)29-20(2)32/h6,9-18,22,26H,3-5,7-8H2,1-2H3,(H,29,32)(H,30,33)/t26-/m1/s1. The van der Waals surface area contributed by atoms with Crippen LogP contribution in [-0.4, -0.2) is 23.8 Å². The zero-order valence-corrected chi connectivity index (χ0v) is 20.1. The summed E-state index contributed by atoms with van der Waals surface area (Å²) in [4.78, 5) is 40.5. The molecule has 0 saturated heterocycles. The van der Waals surface area contributed by atoms with Crippen LogP contribution < -0.4 is 15.5 Å². The molecule has 1 saturated carbocycles. The predicted molar refractivity (Wildman–Crippen MR) is 135 cm³/mol. The van der Waals surface area contributed by atoms with Crippen LogP contribution in [0.15, 0.2) is 71.3 Å². The number of amides is 3. The molecule has 182 valence electrons. The molecule has 1 aliphatic carbocycles. The van der Waals surface area contributed by atoms with Gasteiger partial charge in [-0.2, -0.15) is 0 Å². The summed E-state index contributed by atoms with van der Waals surface area (Å²) >= 11 is 0. The van der Waals surface area contributed by atoms with E-state index in [0.29, 0.717) is 16.9 Å². The molecule has 0 unspecified atom stereocenters. The first-order chi connectivity index (χ1) is 16.9. The molecule has 1 aromatic heterocycles. The van der Waals surface area contributed by atoms with Crippen LogP contribution in [0, 0.1) is 6.92 Å². The molecule has 2 aromatic carbocycles. The highest BCUT2D eigenvalue weighted by molar-refractivity contribution is 6.08. The zero-order chi connectivity index (χ0) is 24.8. The van der Waals surface area contributed by atoms with Crippen molar-refractivity contribution in [2.45, 2.75) is 58.0 Å². The Balaban J connectivity index is 1.76. The van der Waals surface area contributed by atoms with E-state index >= 15 is 0 Å². The molecule has 0 spiro atoms. The van der Waals surface area contributed by atoms with E-state index in [9.17, 15) is 14.4 Å². The number of furan rings is 1. The summed E-state index contributed by atoms with van der Waals surface area (Å²) in [5, 5.41) is 5.93. The van der Waals surface area contributed by atoms with E-state index in [4.69, 9.17) is 4.42 Å². The molecule has 7 nitrogen and oxygen atoms in total. The number of rotatable bonds is 7. The third kappa shape index (κ3) is 5.98. The fourth-order valence-corrected chi connectivity index (χ4v) is 4.50. The number of hydrogen-bond donors (Lipinski definition) is 2. The van der Waals surface area contributed by atoms with Crippen molar-refractivity contribution in [1.82, 2.24) is 5.32 Å². The zero-order valence-electron chi connectivity index (χ0n) is 20.1. The Bertz CT molecular complexity index is 1150. The molecule has 0 radical (unpaired) electrons. The number of carbonyl (C=O) groups excluding carboxylic acids is 3. The first-order valence-electron chi connectivity index (χ1n) is 12.0. The van der Waals surface area contributed by atoms with Crippen LogP contribution in [0.4, 0.5) is 11.4 Å². The van der Waals surface area contributed by atoms with E-state index in [1.807, 2.05) is 31.2 Å². The second kappa shape index (κ2) is 11.0. The lowest BCUT2D eigenvalue weighted by Crippen LogP contribution is -2.47. The normalized spacial score (nSPS) is 14.7. The average Bonchev–Trinajstić information content (AvgIpc) is 3.39. The van der Waals surface area contributed by atoms with Crippen LogP contribution >= 0.6 is 0 Å². The molecular formula is C28H31N3O4. The largest absolute Gasteiger partial charge is 0.459 e. The Labute approximate surface area is 205 Å². The number of anilines is 2. The molecule has 7 heteroatoms. The summed E-state index contributed by atoms with van der Waals surface area (Å²) in [5.74, 6) is -0.706. The van der Waals surface area contributed by atoms with E-state index < -0.39 is 11.9 Å². The number of hydrogen-bond acceptors (Lipinski definition) is 4. The van der Waals surface area contributed by atoms with E-state index in [1.165, 1.54) is 24.5 Å². The second-order valence-electron chi connectivity index (χ2n) is 9.04. The summed E-state index contributed by atoms with van der Waals surface area (Å²) in [5.41, 5.74) is 2.88. The SMILES string of the molecule is CC(=O)Nc1ccc(N(C(=O)c2ccco2)[C@@H](C(=O)NC2CCCCC2)c2ccc(C)cc2)cc1. The molecular weight excluding hydrogens is 442 g/mol. The van der Waals surface area contributed by atoms with Gasteiger partial charge in [-0.15, -0.1) is 0 Å². The van der Waals surface area contributed by atoms with Crippen molar-refractivity contribution in [3.63, 3.8) is 0 Å². The van der Waals surface area contributed by atoms with Gasteiger partial charge in [0.2, 0.25) is 11.8 Å². The highest BCUT2D eigenvalue weighted by Gasteiger charge is 2.35. The first-order valence-corrected chi connectivity index (χ1v) is 12.0. The lowest BCUT2D eigenvalue weighted by molar-refractivity contribution is -0.123. The van der Waals surface area contributed by atoms with Gasteiger partial charge in [0, 0.05) is 24.3 Å². The van der Waals surface area contributed by atoms with Gasteiger partial charge >= 0.3 is 0 Å². The fraction of sp³-hybridized carbons (Fsp3) is 0.321. The Morgan fingerprint density at radius 3 is 2.23 bits per heavy atom. The molecule has 2 N–H and O–H groups in total. The summed E-state index contributed by atoms with van der Waals surface area (Å²) in [6, 6.07) is 16.9. The molecule has 1 aliphatic rings. The lowest BCUT2D eigenvalue weighted by Gasteiger charge is -2.33. The van der Waals surface area contributed by atoms with Gasteiger partial charge < -0.3 is 15.1 Å². The molecule has 35 heavy (non-hydrogen) atoms. The third-order valence-corrected chi connectivity index (χ3v) is 6.27. The number of nitrogens with one attached hydrogen (secondary N) is 2. The monoisotopic (exact) mass is 473 g/mol. The van der Waals surface area contributed by atoms with E-state index in [0.717, 1.165) is 31.2 Å². The molecule has 1 heterocycles. The van der Waals surface area contributed by atoms with Gasteiger partial charge in [-0.25, -0.2) is 0 Å². The molecule has 1 atom stereocenters. The fourth-order valence-electron chi connectivity index (χ4n) is 4.50. The van der Waals surface area contributed by atoms with Crippen molar-refractivity contribution in [2.24, 2.45) is 0 Å². The van der Waals surface area contributed by atoms with Gasteiger partial charge in [0.25, 0.3) is 5.91 Å². The molecule has 3 amide bonds. The minimum atomic E-state index is -0.901. The first kappa shape index (κ1) is 24.3. The summed E-state index contributed by atoms with van der Waals surface area (Å²) < 4.78 is 5.43. The van der Waals surface area contributed by atoms with E-state index in [1.54, 1.807) is 36.4 Å². The van der Waals surface area contributed by atoms with Crippen LogP contribution in [-0.2, 0) is 9.59 Å². The highest BCUT2D eigenvalue weighted by atomic mass is 16.3. The van der Waals surface area contributed by atoms with Gasteiger partial charge in [0.05, 0.1) is 6.26 Å². The number of benzene rings is 2. The predicted octanol–water partition coefficient (Wildman–Crippen LogP) is 5.38. The minimum absolute atomic E-state index is 0.0897. The van der Waals surface area contributed by atoms with E-state index in [-0.39, 0.29) is 23.6 Å². The topological polar surface area (TPSA) is 91.7 Å². The summed E-state index contributed by atoms with van der Waals surface area (Å²) in [6.45, 7) is 3.41. The van der Waals surface area contributed by atoms with Gasteiger partial charge in [-0.05, 0) is 61.7 Å². The van der Waals surface area contributed by atoms with Crippen LogP contribution in [0.3, 0.4) is 0 Å². The Morgan fingerprint density at radius 2 is 1.63 bits per heavy atom. The number of carbonyl (C=O) groups is 3. The summed E-state index contributed by atoms with van der Waals surface area (Å²) in [7, 11) is 0. The van der Waals surface area contributed by atoms with Crippen LogP contribution in [0.25, 0.3) is 0 Å². The average molecular weight is 474 g/mol. The maximum atomic E-state index is 13.8. The van der Waals surface area contributed by atoms with Gasteiger partial charge in [0.1, 0.15) is 6.04 Å². The summed E-state index contributed by atoms with van der Waals surface area (Å²) in [6.07, 6.45) is 6.65. The number of nitrogens with zero attached hydrogens (tertiary/aromatic N) is 1. The van der Waals surface area contributed by atoms with Crippen molar-refractivity contribution in [2.75, 3.05) is 10.2 Å². The van der Waals surface area contributed by atoms with E-state index in [2.05, 4.69) is 10.6 Å². The van der Waals surface area contributed by atoms with Crippen LogP contribution in [0.5, 0.6) is 0 Å². The molecule has 3 aromatic rings. The molecule has 0 bridgehead atoms. The number of aryl methyl sites for hydroxylation is 1. The molecule has 4 rings (SSSR count). The third-order valence-electron chi connectivity index (χ3n) is 6.27. The molecule has 0 aliphatic heterocycles. The van der Waals surface area contributed by atoms with Gasteiger partial charge in [0.15, 0.2) is 5.76 Å². The van der Waals surface area contributed by atoms with Crippen molar-refractivity contribution in [1.29, 1.82) is 0 Å². The van der Waals surface area contributed by atoms with Crippen molar-refractivity contribution in [3.05, 3.63) is 83.8 Å². The maximum Gasteiger partial charge on any atom is 0.294 e. The minimum Gasteiger partial charge on any atom is -0.459 e. The Morgan fingerprint density at radius 1 is 0.943 bits per heavy atom. The van der Waals surface area contributed by atoms with Crippen molar-refractivity contribution < 1.29 is 18.8 Å². The van der Waals surface area contributed by atoms with Crippen LogP contribution in [0.1, 0.15) is 66.8 Å². The van der Waals surface area contributed by atoms with Crippen molar-refractivity contribution >= 4 is 29.1 Å². The lowest BCUT2D eigenvalue weighted by atomic mass is 9.94. The maximum absolute atomic E-state index is 13.8. The van der Waals surface area contributed by atoms with Gasteiger partial charge in [-0.1, -0.05) is 49.1 Å².